The van der Waals surface area contributed by atoms with Crippen molar-refractivity contribution in [3.63, 3.8) is 0 Å². The Labute approximate surface area is 178 Å². The molecule has 0 radical (unpaired) electrons. The summed E-state index contributed by atoms with van der Waals surface area (Å²) in [5, 5.41) is 17.6. The lowest BCUT2D eigenvalue weighted by atomic mass is 9.86. The van der Waals surface area contributed by atoms with E-state index in [1.54, 1.807) is 12.1 Å². The quantitative estimate of drug-likeness (QED) is 0.548. The molecule has 1 fully saturated rings. The van der Waals surface area contributed by atoms with Gasteiger partial charge >= 0.3 is 0 Å². The van der Waals surface area contributed by atoms with Gasteiger partial charge in [-0.15, -0.1) is 0 Å². The van der Waals surface area contributed by atoms with Crippen molar-refractivity contribution in [1.29, 1.82) is 0 Å². The van der Waals surface area contributed by atoms with Gasteiger partial charge in [0, 0.05) is 32.1 Å². The van der Waals surface area contributed by atoms with Crippen LogP contribution in [0.25, 0.3) is 10.9 Å². The van der Waals surface area contributed by atoms with E-state index in [0.717, 1.165) is 48.6 Å². The normalized spacial score (nSPS) is 19.0. The number of phenols is 1. The highest BCUT2D eigenvalue weighted by Gasteiger charge is 2.22. The summed E-state index contributed by atoms with van der Waals surface area (Å²) < 4.78 is 0. The summed E-state index contributed by atoms with van der Waals surface area (Å²) in [6.07, 6.45) is 4.68. The number of para-hydroxylation sites is 1. The van der Waals surface area contributed by atoms with Crippen LogP contribution in [-0.4, -0.2) is 41.8 Å². The van der Waals surface area contributed by atoms with Crippen LogP contribution in [0, 0.1) is 5.92 Å². The highest BCUT2D eigenvalue weighted by Crippen LogP contribution is 2.28. The first-order chi connectivity index (χ1) is 14.6. The molecule has 0 aliphatic heterocycles. The van der Waals surface area contributed by atoms with E-state index in [9.17, 15) is 5.11 Å². The molecule has 0 bridgehead atoms. The van der Waals surface area contributed by atoms with E-state index in [-0.39, 0.29) is 0 Å². The van der Waals surface area contributed by atoms with Gasteiger partial charge in [0.2, 0.25) is 5.95 Å². The monoisotopic (exact) mass is 405 g/mol. The number of aromatic hydroxyl groups is 1. The molecule has 158 valence electrons. The summed E-state index contributed by atoms with van der Waals surface area (Å²) in [6.45, 7) is 1.88. The molecule has 0 spiro atoms. The third kappa shape index (κ3) is 5.00. The Balaban J connectivity index is 1.29. The first-order valence-electron chi connectivity index (χ1n) is 10.8. The molecule has 6 heteroatoms. The maximum absolute atomic E-state index is 9.37. The maximum atomic E-state index is 9.37. The number of hydrogen-bond donors (Lipinski definition) is 3. The number of rotatable bonds is 7. The largest absolute Gasteiger partial charge is 0.508 e. The van der Waals surface area contributed by atoms with Gasteiger partial charge in [0.1, 0.15) is 11.6 Å². The Kier molecular flexibility index (Phi) is 6.33. The Morgan fingerprint density at radius 2 is 1.70 bits per heavy atom. The van der Waals surface area contributed by atoms with Crippen LogP contribution < -0.4 is 15.5 Å². The van der Waals surface area contributed by atoms with E-state index in [1.165, 1.54) is 18.4 Å². The number of nitrogens with one attached hydrogen (secondary N) is 2. The van der Waals surface area contributed by atoms with Gasteiger partial charge in [0.15, 0.2) is 0 Å². The number of anilines is 2. The van der Waals surface area contributed by atoms with E-state index in [4.69, 9.17) is 9.97 Å². The summed E-state index contributed by atoms with van der Waals surface area (Å²) in [7, 11) is 4.05. The highest BCUT2D eigenvalue weighted by molar-refractivity contribution is 5.90. The molecule has 0 atom stereocenters. The Morgan fingerprint density at radius 3 is 2.43 bits per heavy atom. The maximum Gasteiger partial charge on any atom is 0.225 e. The van der Waals surface area contributed by atoms with E-state index >= 15 is 0 Å². The molecule has 1 saturated carbocycles. The lowest BCUT2D eigenvalue weighted by Crippen LogP contribution is -2.31. The molecule has 30 heavy (non-hydrogen) atoms. The Bertz CT molecular complexity index is 965. The first kappa shape index (κ1) is 20.4. The molecule has 1 aliphatic rings. The molecule has 0 unspecified atom stereocenters. The Hall–Kier alpha value is -2.86. The average Bonchev–Trinajstić information content (AvgIpc) is 2.76. The van der Waals surface area contributed by atoms with Crippen molar-refractivity contribution in [1.82, 2.24) is 15.3 Å². The molecule has 6 nitrogen and oxygen atoms in total. The van der Waals surface area contributed by atoms with Crippen molar-refractivity contribution in [3.8, 4) is 5.75 Å². The number of phenolic OH excluding ortho intramolecular Hbond substituents is 1. The van der Waals surface area contributed by atoms with Gasteiger partial charge in [0.25, 0.3) is 0 Å². The predicted octanol–water partition coefficient (Wildman–Crippen LogP) is 4.16. The fraction of sp³-hybridized carbons (Fsp3) is 0.417. The first-order valence-corrected chi connectivity index (χ1v) is 10.8. The topological polar surface area (TPSA) is 73.3 Å². The molecule has 1 aromatic heterocycles. The van der Waals surface area contributed by atoms with Crippen LogP contribution in [0.2, 0.25) is 0 Å². The third-order valence-electron chi connectivity index (χ3n) is 5.89. The number of benzene rings is 2. The van der Waals surface area contributed by atoms with Gasteiger partial charge in [-0.05, 0) is 68.0 Å². The molecule has 0 amide bonds. The van der Waals surface area contributed by atoms with Crippen molar-refractivity contribution in [3.05, 3.63) is 54.1 Å². The van der Waals surface area contributed by atoms with Crippen LogP contribution in [0.3, 0.4) is 0 Å². The van der Waals surface area contributed by atoms with Crippen LogP contribution in [0.4, 0.5) is 11.8 Å². The van der Waals surface area contributed by atoms with Crippen molar-refractivity contribution in [2.24, 2.45) is 5.92 Å². The second-order valence-electron chi connectivity index (χ2n) is 8.44. The fourth-order valence-electron chi connectivity index (χ4n) is 4.19. The van der Waals surface area contributed by atoms with Gasteiger partial charge < -0.3 is 20.6 Å². The van der Waals surface area contributed by atoms with Crippen molar-refractivity contribution >= 4 is 22.7 Å². The van der Waals surface area contributed by atoms with Crippen LogP contribution in [0.15, 0.2) is 48.5 Å². The van der Waals surface area contributed by atoms with Gasteiger partial charge in [-0.3, -0.25) is 0 Å². The summed E-state index contributed by atoms with van der Waals surface area (Å²) in [5.74, 6) is 2.70. The molecule has 1 aliphatic carbocycles. The molecule has 3 N–H and O–H groups in total. The molecule has 4 rings (SSSR count). The zero-order valence-electron chi connectivity index (χ0n) is 17.8. The summed E-state index contributed by atoms with van der Waals surface area (Å²) in [4.78, 5) is 11.6. The number of nitrogens with zero attached hydrogens (tertiary/aromatic N) is 3. The van der Waals surface area contributed by atoms with Crippen molar-refractivity contribution in [2.75, 3.05) is 30.9 Å². The molecule has 1 heterocycles. The van der Waals surface area contributed by atoms with Gasteiger partial charge in [-0.2, -0.15) is 4.98 Å². The summed E-state index contributed by atoms with van der Waals surface area (Å²) in [5.41, 5.74) is 2.18. The van der Waals surface area contributed by atoms with E-state index in [0.29, 0.717) is 17.7 Å². The minimum Gasteiger partial charge on any atom is -0.508 e. The minimum absolute atomic E-state index is 0.317. The standard InChI is InChI=1S/C24H31N5O/c1-29(2)23-21-5-3-4-6-22(21)27-24(28-23)26-19-11-7-17(8-12-19)15-25-16-18-9-13-20(30)14-10-18/h3-6,9-10,13-14,17,19,25,30H,7-8,11-12,15-16H2,1-2H3,(H,26,27,28)/t17-,19+. The number of fused-ring (bicyclic) bond motifs is 1. The van der Waals surface area contributed by atoms with Crippen molar-refractivity contribution in [2.45, 2.75) is 38.3 Å². The zero-order valence-corrected chi connectivity index (χ0v) is 17.8. The second kappa shape index (κ2) is 9.30. The van der Waals surface area contributed by atoms with Gasteiger partial charge in [-0.25, -0.2) is 4.98 Å². The summed E-state index contributed by atoms with van der Waals surface area (Å²) in [6, 6.07) is 16.0. The Morgan fingerprint density at radius 1 is 0.967 bits per heavy atom. The van der Waals surface area contributed by atoms with Crippen LogP contribution in [-0.2, 0) is 6.54 Å². The minimum atomic E-state index is 0.317. The SMILES string of the molecule is CN(C)c1nc(N[C@H]2CC[C@@H](CNCc3ccc(O)cc3)CC2)nc2ccccc12. The van der Waals surface area contributed by atoms with E-state index in [1.807, 2.05) is 49.3 Å². The summed E-state index contributed by atoms with van der Waals surface area (Å²) >= 11 is 0. The van der Waals surface area contributed by atoms with E-state index in [2.05, 4.69) is 16.7 Å². The van der Waals surface area contributed by atoms with Gasteiger partial charge in [0.05, 0.1) is 5.52 Å². The van der Waals surface area contributed by atoms with E-state index < -0.39 is 0 Å². The van der Waals surface area contributed by atoms with Gasteiger partial charge in [-0.1, -0.05) is 24.3 Å². The molecule has 2 aromatic carbocycles. The lowest BCUT2D eigenvalue weighted by Gasteiger charge is -2.29. The highest BCUT2D eigenvalue weighted by atomic mass is 16.3. The fourth-order valence-corrected chi connectivity index (χ4v) is 4.19. The number of hydrogen-bond acceptors (Lipinski definition) is 6. The average molecular weight is 406 g/mol. The molecule has 0 saturated heterocycles. The van der Waals surface area contributed by atoms with Crippen LogP contribution in [0.5, 0.6) is 5.75 Å². The molecular weight excluding hydrogens is 374 g/mol. The lowest BCUT2D eigenvalue weighted by molar-refractivity contribution is 0.324. The van der Waals surface area contributed by atoms with Crippen LogP contribution >= 0.6 is 0 Å². The molecular formula is C24H31N5O. The third-order valence-corrected chi connectivity index (χ3v) is 5.89. The smallest absolute Gasteiger partial charge is 0.225 e. The molecule has 3 aromatic rings. The van der Waals surface area contributed by atoms with Crippen LogP contribution in [0.1, 0.15) is 31.2 Å². The zero-order chi connectivity index (χ0) is 20.9. The predicted molar refractivity (Wildman–Crippen MR) is 123 cm³/mol. The number of aromatic nitrogens is 2. The second-order valence-corrected chi connectivity index (χ2v) is 8.44. The van der Waals surface area contributed by atoms with Crippen molar-refractivity contribution < 1.29 is 5.11 Å².